The van der Waals surface area contributed by atoms with Crippen molar-refractivity contribution in [1.29, 1.82) is 0 Å². The molecule has 3 heterocycles. The summed E-state index contributed by atoms with van der Waals surface area (Å²) in [6, 6.07) is 3.03. The topological polar surface area (TPSA) is 83.2 Å². The van der Waals surface area contributed by atoms with Crippen LogP contribution in [0.15, 0.2) is 22.8 Å². The quantitative estimate of drug-likeness (QED) is 0.903. The lowest BCUT2D eigenvalue weighted by molar-refractivity contribution is -0.141. The van der Waals surface area contributed by atoms with E-state index in [9.17, 15) is 14.7 Å². The highest BCUT2D eigenvalue weighted by molar-refractivity contribution is 5.91. The van der Waals surface area contributed by atoms with Crippen LogP contribution in [0.2, 0.25) is 0 Å². The van der Waals surface area contributed by atoms with Gasteiger partial charge in [-0.05, 0) is 44.7 Å². The Morgan fingerprint density at radius 1 is 1.48 bits per heavy atom. The number of hydrogen-bond acceptors (Lipinski definition) is 5. The lowest BCUT2D eigenvalue weighted by Crippen LogP contribution is -2.57. The smallest absolute Gasteiger partial charge is 0.411 e. The van der Waals surface area contributed by atoms with Crippen molar-refractivity contribution in [3.8, 4) is 0 Å². The van der Waals surface area contributed by atoms with E-state index < -0.39 is 17.7 Å². The number of nitrogens with zero attached hydrogens (tertiary/aromatic N) is 2. The number of carbonyl (C=O) groups is 2. The molecule has 2 fully saturated rings. The minimum Gasteiger partial charge on any atom is -0.467 e. The number of hydrogen-bond donors (Lipinski definition) is 1. The third-order valence-corrected chi connectivity index (χ3v) is 5.40. The molecule has 7 nitrogen and oxygen atoms in total. The van der Waals surface area contributed by atoms with Gasteiger partial charge in [0, 0.05) is 26.1 Å². The minimum absolute atomic E-state index is 0.0782. The first-order chi connectivity index (χ1) is 12.0. The molecule has 1 aromatic heterocycles. The van der Waals surface area contributed by atoms with E-state index in [1.54, 1.807) is 42.2 Å². The lowest BCUT2D eigenvalue weighted by atomic mass is 9.86. The maximum absolute atomic E-state index is 13.2. The molecule has 25 heavy (non-hydrogen) atoms. The van der Waals surface area contributed by atoms with Gasteiger partial charge in [-0.15, -0.1) is 0 Å². The van der Waals surface area contributed by atoms with Crippen LogP contribution in [0.1, 0.15) is 44.4 Å². The molecule has 138 valence electrons. The van der Waals surface area contributed by atoms with Gasteiger partial charge in [0.15, 0.2) is 0 Å². The first kappa shape index (κ1) is 17.8. The van der Waals surface area contributed by atoms with E-state index in [4.69, 9.17) is 9.15 Å². The van der Waals surface area contributed by atoms with Crippen molar-refractivity contribution >= 4 is 12.0 Å². The molecule has 2 amide bonds. The molecule has 1 aromatic rings. The van der Waals surface area contributed by atoms with Crippen LogP contribution in [0.4, 0.5) is 4.79 Å². The number of carbonyl (C=O) groups excluding carboxylic acids is 2. The van der Waals surface area contributed by atoms with Gasteiger partial charge in [0.25, 0.3) is 0 Å². The van der Waals surface area contributed by atoms with E-state index in [1.165, 1.54) is 0 Å². The fraction of sp³-hybridized carbons (Fsp3) is 0.667. The molecule has 3 atom stereocenters. The largest absolute Gasteiger partial charge is 0.467 e. The number of likely N-dealkylation sites (N-methyl/N-ethyl adjacent to an activating group) is 1. The first-order valence-electron chi connectivity index (χ1n) is 8.91. The van der Waals surface area contributed by atoms with Crippen molar-refractivity contribution in [3.63, 3.8) is 0 Å². The molecule has 0 saturated carbocycles. The summed E-state index contributed by atoms with van der Waals surface area (Å²) in [5, 5.41) is 9.96. The highest BCUT2D eigenvalue weighted by atomic mass is 16.6. The van der Waals surface area contributed by atoms with Crippen LogP contribution >= 0.6 is 0 Å². The molecule has 0 radical (unpaired) electrons. The van der Waals surface area contributed by atoms with Gasteiger partial charge < -0.3 is 19.2 Å². The normalized spacial score (nSPS) is 30.0. The van der Waals surface area contributed by atoms with Gasteiger partial charge in [-0.2, -0.15) is 0 Å². The van der Waals surface area contributed by atoms with Crippen LogP contribution in [0.3, 0.4) is 0 Å². The maximum atomic E-state index is 13.2. The molecule has 0 bridgehead atoms. The van der Waals surface area contributed by atoms with Crippen LogP contribution in [0.5, 0.6) is 0 Å². The summed E-state index contributed by atoms with van der Waals surface area (Å²) in [5.74, 6) is 0.222. The predicted molar refractivity (Wildman–Crippen MR) is 89.7 cm³/mol. The van der Waals surface area contributed by atoms with Crippen molar-refractivity contribution in [3.05, 3.63) is 24.2 Å². The second-order valence-corrected chi connectivity index (χ2v) is 6.89. The summed E-state index contributed by atoms with van der Waals surface area (Å²) in [5.41, 5.74) is -0.984. The Hall–Kier alpha value is -2.02. The summed E-state index contributed by atoms with van der Waals surface area (Å²) in [4.78, 5) is 29.3. The molecule has 2 aliphatic heterocycles. The molecule has 0 unspecified atom stereocenters. The van der Waals surface area contributed by atoms with Crippen LogP contribution in [0, 0.1) is 5.92 Å². The van der Waals surface area contributed by atoms with Crippen molar-refractivity contribution in [2.45, 2.75) is 44.2 Å². The Labute approximate surface area is 147 Å². The molecular formula is C18H26N2O5. The third-order valence-electron chi connectivity index (χ3n) is 5.40. The van der Waals surface area contributed by atoms with E-state index in [1.807, 2.05) is 0 Å². The summed E-state index contributed by atoms with van der Waals surface area (Å²) < 4.78 is 10.8. The van der Waals surface area contributed by atoms with Crippen LogP contribution in [0.25, 0.3) is 0 Å². The van der Waals surface area contributed by atoms with Gasteiger partial charge in [0.05, 0.1) is 18.9 Å². The average molecular weight is 350 g/mol. The number of rotatable bonds is 3. The number of likely N-dealkylation sites (tertiary alicyclic amines) is 2. The van der Waals surface area contributed by atoms with Crippen molar-refractivity contribution in [2.75, 3.05) is 26.8 Å². The van der Waals surface area contributed by atoms with E-state index in [2.05, 4.69) is 0 Å². The number of aliphatic hydroxyl groups is 1. The Bertz CT molecular complexity index is 617. The fourth-order valence-electron chi connectivity index (χ4n) is 4.33. The summed E-state index contributed by atoms with van der Waals surface area (Å²) in [6.07, 6.45) is 3.74. The molecule has 0 aliphatic carbocycles. The number of ether oxygens (including phenoxy) is 1. The van der Waals surface area contributed by atoms with Crippen LogP contribution < -0.4 is 0 Å². The van der Waals surface area contributed by atoms with Gasteiger partial charge in [-0.25, -0.2) is 4.79 Å². The lowest BCUT2D eigenvalue weighted by Gasteiger charge is -2.39. The molecule has 1 spiro atoms. The SMILES string of the molecule is CCOC(=O)N1[C@@H](c2ccco2)[C@@H](CO)C[C@]12CCCCN(C)C2=O. The molecule has 3 rings (SSSR count). The van der Waals surface area contributed by atoms with E-state index in [0.29, 0.717) is 25.1 Å². The standard InChI is InChI=1S/C18H26N2O5/c1-3-24-17(23)20-15(14-7-6-10-25-14)13(12-21)11-18(20)8-4-5-9-19(2)16(18)22/h6-7,10,13,15,21H,3-5,8-9,11-12H2,1-2H3/t13-,15-,18+/m1/s1. The molecule has 1 N–H and O–H groups in total. The van der Waals surface area contributed by atoms with Crippen molar-refractivity contribution in [1.82, 2.24) is 9.80 Å². The van der Waals surface area contributed by atoms with Gasteiger partial charge in [-0.3, -0.25) is 9.69 Å². The Balaban J connectivity index is 2.09. The number of amides is 2. The Morgan fingerprint density at radius 3 is 2.92 bits per heavy atom. The molecule has 2 aliphatic rings. The minimum atomic E-state index is -0.984. The summed E-state index contributed by atoms with van der Waals surface area (Å²) in [6.45, 7) is 2.52. The second-order valence-electron chi connectivity index (χ2n) is 6.89. The van der Waals surface area contributed by atoms with Crippen LogP contribution in [-0.2, 0) is 9.53 Å². The summed E-state index contributed by atoms with van der Waals surface area (Å²) in [7, 11) is 1.77. The van der Waals surface area contributed by atoms with Crippen molar-refractivity contribution in [2.24, 2.45) is 5.92 Å². The third kappa shape index (κ3) is 2.90. The van der Waals surface area contributed by atoms with Gasteiger partial charge in [-0.1, -0.05) is 0 Å². The zero-order chi connectivity index (χ0) is 18.0. The zero-order valence-corrected chi connectivity index (χ0v) is 14.8. The maximum Gasteiger partial charge on any atom is 0.411 e. The van der Waals surface area contributed by atoms with Gasteiger partial charge in [0.1, 0.15) is 11.3 Å². The first-order valence-corrected chi connectivity index (χ1v) is 8.91. The zero-order valence-electron chi connectivity index (χ0n) is 14.8. The second kappa shape index (κ2) is 7.07. The van der Waals surface area contributed by atoms with E-state index >= 15 is 0 Å². The van der Waals surface area contributed by atoms with Gasteiger partial charge in [0.2, 0.25) is 5.91 Å². The number of aliphatic hydroxyl groups excluding tert-OH is 1. The predicted octanol–water partition coefficient (Wildman–Crippen LogP) is 2.17. The van der Waals surface area contributed by atoms with Gasteiger partial charge >= 0.3 is 6.09 Å². The highest BCUT2D eigenvalue weighted by Gasteiger charge is 2.60. The Morgan fingerprint density at radius 2 is 2.28 bits per heavy atom. The van der Waals surface area contributed by atoms with E-state index in [-0.39, 0.29) is 25.0 Å². The highest BCUT2D eigenvalue weighted by Crippen LogP contribution is 2.50. The van der Waals surface area contributed by atoms with Crippen molar-refractivity contribution < 1.29 is 23.8 Å². The Kier molecular flexibility index (Phi) is 5.03. The van der Waals surface area contributed by atoms with E-state index in [0.717, 1.165) is 12.8 Å². The monoisotopic (exact) mass is 350 g/mol. The molecule has 7 heteroatoms. The average Bonchev–Trinajstić information content (AvgIpc) is 3.20. The van der Waals surface area contributed by atoms with Crippen LogP contribution in [-0.4, -0.2) is 59.3 Å². The molecular weight excluding hydrogens is 324 g/mol. The molecule has 2 saturated heterocycles. The summed E-state index contributed by atoms with van der Waals surface area (Å²) >= 11 is 0. The fourth-order valence-corrected chi connectivity index (χ4v) is 4.33. The molecule has 0 aromatic carbocycles. The number of furan rings is 1.